The van der Waals surface area contributed by atoms with Gasteiger partial charge in [0, 0.05) is 18.0 Å². The number of nitrogens with zero attached hydrogens (tertiary/aromatic N) is 3. The summed E-state index contributed by atoms with van der Waals surface area (Å²) in [5.74, 6) is 0.216. The minimum Gasteiger partial charge on any atom is -0.491 e. The molecule has 0 amide bonds. The van der Waals surface area contributed by atoms with Crippen molar-refractivity contribution in [3.8, 4) is 16.9 Å². The van der Waals surface area contributed by atoms with E-state index in [4.69, 9.17) is 4.74 Å². The molecule has 0 aliphatic heterocycles. The van der Waals surface area contributed by atoms with E-state index < -0.39 is 0 Å². The van der Waals surface area contributed by atoms with Gasteiger partial charge in [-0.05, 0) is 6.07 Å². The van der Waals surface area contributed by atoms with Crippen LogP contribution >= 0.6 is 0 Å². The van der Waals surface area contributed by atoms with Crippen LogP contribution in [0.2, 0.25) is 0 Å². The molecule has 0 aliphatic carbocycles. The largest absolute Gasteiger partial charge is 0.491 e. The maximum Gasteiger partial charge on any atom is 0.307 e. The molecule has 1 aromatic carbocycles. The van der Waals surface area contributed by atoms with Crippen molar-refractivity contribution in [2.45, 2.75) is 0 Å². The number of hydrogen-bond donors (Lipinski definition) is 1. The number of nitrogens with one attached hydrogen (secondary N) is 1. The zero-order valence-corrected chi connectivity index (χ0v) is 10.1. The number of aromatic amines is 1. The number of fused-ring (bicyclic) bond motifs is 1. The van der Waals surface area contributed by atoms with E-state index in [0.29, 0.717) is 11.1 Å². The van der Waals surface area contributed by atoms with Crippen LogP contribution in [0.1, 0.15) is 0 Å². The molecule has 2 heterocycles. The molecule has 94 valence electrons. The molecular formula is C13H10N4O2. The zero-order valence-electron chi connectivity index (χ0n) is 10.1. The van der Waals surface area contributed by atoms with Gasteiger partial charge >= 0.3 is 5.56 Å². The van der Waals surface area contributed by atoms with Crippen molar-refractivity contribution < 1.29 is 4.74 Å². The highest BCUT2D eigenvalue weighted by molar-refractivity contribution is 5.92. The summed E-state index contributed by atoms with van der Waals surface area (Å²) >= 11 is 0. The number of aromatic nitrogens is 4. The van der Waals surface area contributed by atoms with Crippen LogP contribution in [-0.4, -0.2) is 27.3 Å². The minimum atomic E-state index is -0.374. The number of rotatable bonds is 2. The van der Waals surface area contributed by atoms with Crippen molar-refractivity contribution in [2.75, 3.05) is 7.11 Å². The monoisotopic (exact) mass is 254 g/mol. The molecule has 6 heteroatoms. The van der Waals surface area contributed by atoms with Gasteiger partial charge in [0.15, 0.2) is 5.75 Å². The van der Waals surface area contributed by atoms with Crippen LogP contribution in [0.4, 0.5) is 0 Å². The summed E-state index contributed by atoms with van der Waals surface area (Å²) in [7, 11) is 1.45. The van der Waals surface area contributed by atoms with Gasteiger partial charge in [-0.15, -0.1) is 0 Å². The van der Waals surface area contributed by atoms with Crippen molar-refractivity contribution in [1.82, 2.24) is 20.2 Å². The fraction of sp³-hybridized carbons (Fsp3) is 0.0769. The molecule has 0 fully saturated rings. The summed E-state index contributed by atoms with van der Waals surface area (Å²) in [5.41, 5.74) is 2.44. The predicted molar refractivity (Wildman–Crippen MR) is 69.9 cm³/mol. The van der Waals surface area contributed by atoms with Crippen LogP contribution < -0.4 is 10.3 Å². The van der Waals surface area contributed by atoms with Gasteiger partial charge in [0.2, 0.25) is 0 Å². The number of ether oxygens (including phenoxy) is 1. The Morgan fingerprint density at radius 3 is 2.84 bits per heavy atom. The molecular weight excluding hydrogens is 244 g/mol. The van der Waals surface area contributed by atoms with Crippen molar-refractivity contribution in [3.05, 3.63) is 47.1 Å². The Kier molecular flexibility index (Phi) is 2.68. The Hall–Kier alpha value is -2.76. The fourth-order valence-corrected chi connectivity index (χ4v) is 1.99. The SMILES string of the molecule is COc1c(-c2cccc3nccnc23)cn[nH]c1=O. The van der Waals surface area contributed by atoms with E-state index in [2.05, 4.69) is 20.2 Å². The summed E-state index contributed by atoms with van der Waals surface area (Å²) in [6.07, 6.45) is 4.78. The molecule has 0 radical (unpaired) electrons. The molecule has 19 heavy (non-hydrogen) atoms. The number of methoxy groups -OCH3 is 1. The van der Waals surface area contributed by atoms with Crippen molar-refractivity contribution in [1.29, 1.82) is 0 Å². The Morgan fingerprint density at radius 2 is 2.00 bits per heavy atom. The third kappa shape index (κ3) is 1.83. The molecule has 2 aromatic heterocycles. The molecule has 3 aromatic rings. The number of benzene rings is 1. The minimum absolute atomic E-state index is 0.216. The van der Waals surface area contributed by atoms with Gasteiger partial charge in [-0.1, -0.05) is 12.1 Å². The van der Waals surface area contributed by atoms with Gasteiger partial charge in [-0.3, -0.25) is 14.8 Å². The number of hydrogen-bond acceptors (Lipinski definition) is 5. The van der Waals surface area contributed by atoms with Crippen LogP contribution in [0, 0.1) is 0 Å². The van der Waals surface area contributed by atoms with E-state index in [0.717, 1.165) is 11.1 Å². The highest BCUT2D eigenvalue weighted by Gasteiger charge is 2.13. The topological polar surface area (TPSA) is 80.8 Å². The first kappa shape index (κ1) is 11.3. The average Bonchev–Trinajstić information content (AvgIpc) is 2.46. The van der Waals surface area contributed by atoms with E-state index in [1.165, 1.54) is 7.11 Å². The van der Waals surface area contributed by atoms with Gasteiger partial charge in [0.25, 0.3) is 0 Å². The molecule has 6 nitrogen and oxygen atoms in total. The lowest BCUT2D eigenvalue weighted by Gasteiger charge is -2.08. The van der Waals surface area contributed by atoms with E-state index in [9.17, 15) is 4.79 Å². The van der Waals surface area contributed by atoms with Crippen LogP contribution in [0.3, 0.4) is 0 Å². The van der Waals surface area contributed by atoms with Crippen molar-refractivity contribution in [3.63, 3.8) is 0 Å². The van der Waals surface area contributed by atoms with Crippen LogP contribution in [0.5, 0.6) is 5.75 Å². The van der Waals surface area contributed by atoms with E-state index in [1.807, 2.05) is 18.2 Å². The van der Waals surface area contributed by atoms with Crippen molar-refractivity contribution in [2.24, 2.45) is 0 Å². The van der Waals surface area contributed by atoms with Gasteiger partial charge < -0.3 is 4.74 Å². The lowest BCUT2D eigenvalue weighted by Crippen LogP contribution is -2.11. The average molecular weight is 254 g/mol. The summed E-state index contributed by atoms with van der Waals surface area (Å²) in [4.78, 5) is 20.2. The summed E-state index contributed by atoms with van der Waals surface area (Å²) in [6, 6.07) is 5.57. The van der Waals surface area contributed by atoms with Gasteiger partial charge in [0.1, 0.15) is 0 Å². The molecule has 0 bridgehead atoms. The van der Waals surface area contributed by atoms with E-state index in [1.54, 1.807) is 18.6 Å². The lowest BCUT2D eigenvalue weighted by molar-refractivity contribution is 0.408. The van der Waals surface area contributed by atoms with Crippen LogP contribution in [0.25, 0.3) is 22.2 Å². The first-order chi connectivity index (χ1) is 9.31. The number of H-pyrrole nitrogens is 1. The highest BCUT2D eigenvalue weighted by Crippen LogP contribution is 2.30. The molecule has 0 atom stereocenters. The Morgan fingerprint density at radius 1 is 1.16 bits per heavy atom. The maximum absolute atomic E-state index is 11.7. The fourth-order valence-electron chi connectivity index (χ4n) is 1.99. The first-order valence-electron chi connectivity index (χ1n) is 5.63. The van der Waals surface area contributed by atoms with Crippen molar-refractivity contribution >= 4 is 11.0 Å². The Bertz CT molecular complexity index is 793. The summed E-state index contributed by atoms with van der Waals surface area (Å²) < 4.78 is 5.15. The van der Waals surface area contributed by atoms with Crippen LogP contribution in [0.15, 0.2) is 41.6 Å². The van der Waals surface area contributed by atoms with E-state index >= 15 is 0 Å². The maximum atomic E-state index is 11.7. The van der Waals surface area contributed by atoms with Crippen LogP contribution in [-0.2, 0) is 0 Å². The summed E-state index contributed by atoms with van der Waals surface area (Å²) in [5, 5.41) is 6.15. The van der Waals surface area contributed by atoms with Gasteiger partial charge in [-0.25, -0.2) is 5.10 Å². The second-order valence-electron chi connectivity index (χ2n) is 3.88. The first-order valence-corrected chi connectivity index (χ1v) is 5.63. The lowest BCUT2D eigenvalue weighted by atomic mass is 10.1. The highest BCUT2D eigenvalue weighted by atomic mass is 16.5. The Balaban J connectivity index is 2.37. The molecule has 0 aliphatic rings. The molecule has 3 rings (SSSR count). The zero-order chi connectivity index (χ0) is 13.2. The smallest absolute Gasteiger partial charge is 0.307 e. The van der Waals surface area contributed by atoms with Gasteiger partial charge in [-0.2, -0.15) is 5.10 Å². The molecule has 0 saturated carbocycles. The normalized spacial score (nSPS) is 10.6. The molecule has 1 N–H and O–H groups in total. The number of para-hydroxylation sites is 1. The molecule has 0 unspecified atom stereocenters. The Labute approximate surface area is 108 Å². The predicted octanol–water partition coefficient (Wildman–Crippen LogP) is 1.39. The standard InChI is InChI=1S/C13H10N4O2/c1-19-12-9(7-16-17-13(12)18)8-3-2-4-10-11(8)15-6-5-14-10/h2-7H,1H3,(H,17,18). The summed E-state index contributed by atoms with van der Waals surface area (Å²) in [6.45, 7) is 0. The third-order valence-electron chi connectivity index (χ3n) is 2.80. The molecule has 0 spiro atoms. The second kappa shape index (κ2) is 4.49. The third-order valence-corrected chi connectivity index (χ3v) is 2.80. The van der Waals surface area contributed by atoms with Gasteiger partial charge in [0.05, 0.1) is 29.9 Å². The molecule has 0 saturated heterocycles. The quantitative estimate of drug-likeness (QED) is 0.747. The second-order valence-corrected chi connectivity index (χ2v) is 3.88. The van der Waals surface area contributed by atoms with E-state index in [-0.39, 0.29) is 11.3 Å².